The van der Waals surface area contributed by atoms with E-state index in [2.05, 4.69) is 10.6 Å². The maximum atomic E-state index is 13.4. The molecule has 3 aromatic carbocycles. The number of benzene rings is 3. The molecule has 0 aliphatic heterocycles. The highest BCUT2D eigenvalue weighted by atomic mass is 35.5. The molecule has 0 aliphatic carbocycles. The Morgan fingerprint density at radius 3 is 1.89 bits per heavy atom. The summed E-state index contributed by atoms with van der Waals surface area (Å²) in [5.74, 6) is -1.52. The zero-order chi connectivity index (χ0) is 26.0. The number of hydrogen-bond acceptors (Lipinski definition) is 4. The predicted octanol–water partition coefficient (Wildman–Crippen LogP) is 6.83. The number of amides is 2. The summed E-state index contributed by atoms with van der Waals surface area (Å²) in [6.45, 7) is 9.75. The molecule has 0 heterocycles. The molecule has 0 aromatic heterocycles. The molecule has 2 N–H and O–H groups in total. The van der Waals surface area contributed by atoms with Crippen LogP contribution in [0, 0.1) is 34.6 Å². The average Bonchev–Trinajstić information content (AvgIpc) is 2.83. The van der Waals surface area contributed by atoms with Crippen molar-refractivity contribution in [1.29, 1.82) is 0 Å². The molecule has 0 atom stereocenters. The lowest BCUT2D eigenvalue weighted by Crippen LogP contribution is -2.20. The van der Waals surface area contributed by atoms with Crippen LogP contribution in [0.5, 0.6) is 0 Å². The van der Waals surface area contributed by atoms with Gasteiger partial charge in [0.1, 0.15) is 0 Å². The largest absolute Gasteiger partial charge is 0.465 e. The fourth-order valence-electron chi connectivity index (χ4n) is 3.89. The van der Waals surface area contributed by atoms with Gasteiger partial charge in [-0.05, 0) is 98.8 Å². The maximum Gasteiger partial charge on any atom is 0.339 e. The summed E-state index contributed by atoms with van der Waals surface area (Å²) in [4.78, 5) is 38.7. The summed E-state index contributed by atoms with van der Waals surface area (Å²) >= 11 is 12.2. The van der Waals surface area contributed by atoms with Crippen molar-refractivity contribution in [1.82, 2.24) is 0 Å². The second kappa shape index (κ2) is 10.5. The summed E-state index contributed by atoms with van der Waals surface area (Å²) in [7, 11) is 1.25. The van der Waals surface area contributed by atoms with Crippen molar-refractivity contribution in [2.24, 2.45) is 0 Å². The minimum atomic E-state index is -0.644. The maximum absolute atomic E-state index is 13.4. The van der Waals surface area contributed by atoms with Crippen molar-refractivity contribution in [3.05, 3.63) is 91.0 Å². The molecule has 182 valence electrons. The molecule has 3 rings (SSSR count). The van der Waals surface area contributed by atoms with Gasteiger partial charge in [0.05, 0.1) is 29.1 Å². The van der Waals surface area contributed by atoms with Gasteiger partial charge < -0.3 is 15.4 Å². The van der Waals surface area contributed by atoms with Gasteiger partial charge in [-0.15, -0.1) is 0 Å². The molecule has 0 bridgehead atoms. The number of methoxy groups -OCH3 is 1. The third kappa shape index (κ3) is 5.34. The number of esters is 1. The molecule has 35 heavy (non-hydrogen) atoms. The number of hydrogen-bond donors (Lipinski definition) is 2. The van der Waals surface area contributed by atoms with Crippen LogP contribution >= 0.6 is 23.2 Å². The summed E-state index contributed by atoms with van der Waals surface area (Å²) < 4.78 is 4.87. The lowest BCUT2D eigenvalue weighted by Gasteiger charge is -2.19. The molecular weight excluding hydrogens is 487 g/mol. The molecule has 0 saturated carbocycles. The molecule has 0 spiro atoms. The van der Waals surface area contributed by atoms with E-state index < -0.39 is 11.9 Å². The van der Waals surface area contributed by atoms with Crippen LogP contribution in [0.4, 0.5) is 11.4 Å². The summed E-state index contributed by atoms with van der Waals surface area (Å²) in [5.41, 5.74) is 6.23. The Labute approximate surface area is 214 Å². The Morgan fingerprint density at radius 2 is 1.29 bits per heavy atom. The van der Waals surface area contributed by atoms with E-state index >= 15 is 0 Å². The Bertz CT molecular complexity index is 1340. The monoisotopic (exact) mass is 512 g/mol. The highest BCUT2D eigenvalue weighted by Gasteiger charge is 2.22. The lowest BCUT2D eigenvalue weighted by atomic mass is 9.89. The number of ether oxygens (including phenoxy) is 1. The fourth-order valence-corrected chi connectivity index (χ4v) is 4.23. The van der Waals surface area contributed by atoms with E-state index in [1.54, 1.807) is 12.1 Å². The van der Waals surface area contributed by atoms with Crippen LogP contribution in [-0.4, -0.2) is 24.9 Å². The van der Waals surface area contributed by atoms with Crippen LogP contribution in [0.25, 0.3) is 0 Å². The van der Waals surface area contributed by atoms with E-state index in [1.807, 2.05) is 34.6 Å². The number of anilines is 2. The third-order valence-electron chi connectivity index (χ3n) is 6.34. The van der Waals surface area contributed by atoms with Gasteiger partial charge in [0.15, 0.2) is 0 Å². The minimum absolute atomic E-state index is 0.119. The lowest BCUT2D eigenvalue weighted by molar-refractivity contribution is 0.0601. The summed E-state index contributed by atoms with van der Waals surface area (Å²) in [6, 6.07) is 9.03. The molecule has 8 heteroatoms. The van der Waals surface area contributed by atoms with Crippen molar-refractivity contribution >= 4 is 52.4 Å². The Balaban J connectivity index is 2.02. The molecule has 3 aromatic rings. The van der Waals surface area contributed by atoms with Gasteiger partial charge in [0.2, 0.25) is 0 Å². The second-order valence-electron chi connectivity index (χ2n) is 8.28. The quantitative estimate of drug-likeness (QED) is 0.367. The van der Waals surface area contributed by atoms with Gasteiger partial charge in [0.25, 0.3) is 11.8 Å². The Kier molecular flexibility index (Phi) is 7.88. The van der Waals surface area contributed by atoms with Gasteiger partial charge in [0, 0.05) is 16.1 Å². The SMILES string of the molecule is COC(=O)c1ccc(C(=O)Nc2cc(Cl)ccc2Cl)cc1NC(=O)c1c(C)c(C)c(C)c(C)c1C. The topological polar surface area (TPSA) is 84.5 Å². The van der Waals surface area contributed by atoms with Gasteiger partial charge in [-0.1, -0.05) is 23.2 Å². The van der Waals surface area contributed by atoms with E-state index in [1.165, 1.54) is 31.4 Å². The predicted molar refractivity (Wildman–Crippen MR) is 140 cm³/mol. The van der Waals surface area contributed by atoms with Crippen LogP contribution in [0.3, 0.4) is 0 Å². The standard InChI is InChI=1S/C27H26Cl2N2O4/c1-13-14(2)16(4)24(17(5)15(13)3)26(33)30-22-11-18(7-9-20(22)27(34)35-6)25(32)31-23-12-19(28)8-10-21(23)29/h7-12H,1-6H3,(H,30,33)(H,31,32). The molecular formula is C27H26Cl2N2O4. The molecule has 0 unspecified atom stereocenters. The smallest absolute Gasteiger partial charge is 0.339 e. The third-order valence-corrected chi connectivity index (χ3v) is 6.90. The van der Waals surface area contributed by atoms with Gasteiger partial charge in [-0.25, -0.2) is 4.79 Å². The molecule has 0 aliphatic rings. The number of rotatable bonds is 5. The molecule has 0 saturated heterocycles. The van der Waals surface area contributed by atoms with Crippen molar-refractivity contribution < 1.29 is 19.1 Å². The number of carbonyl (C=O) groups is 3. The van der Waals surface area contributed by atoms with Crippen molar-refractivity contribution in [2.75, 3.05) is 17.7 Å². The second-order valence-corrected chi connectivity index (χ2v) is 9.13. The fraction of sp³-hybridized carbons (Fsp3) is 0.222. The summed E-state index contributed by atoms with van der Waals surface area (Å²) in [5, 5.41) is 6.24. The molecule has 0 fully saturated rings. The first-order chi connectivity index (χ1) is 16.5. The molecule has 0 radical (unpaired) electrons. The first kappa shape index (κ1) is 26.3. The zero-order valence-electron chi connectivity index (χ0n) is 20.4. The number of halogens is 2. The van der Waals surface area contributed by atoms with Crippen LogP contribution in [0.15, 0.2) is 36.4 Å². The summed E-state index contributed by atoms with van der Waals surface area (Å²) in [6.07, 6.45) is 0. The Hall–Kier alpha value is -3.35. The van der Waals surface area contributed by atoms with E-state index in [0.29, 0.717) is 21.3 Å². The van der Waals surface area contributed by atoms with Crippen molar-refractivity contribution in [3.8, 4) is 0 Å². The number of carbonyl (C=O) groups excluding carboxylic acids is 3. The van der Waals surface area contributed by atoms with Crippen LogP contribution in [0.1, 0.15) is 58.9 Å². The van der Waals surface area contributed by atoms with Crippen molar-refractivity contribution in [2.45, 2.75) is 34.6 Å². The van der Waals surface area contributed by atoms with Crippen LogP contribution in [-0.2, 0) is 4.74 Å². The highest BCUT2D eigenvalue weighted by molar-refractivity contribution is 6.36. The highest BCUT2D eigenvalue weighted by Crippen LogP contribution is 2.29. The van der Waals surface area contributed by atoms with Crippen molar-refractivity contribution in [3.63, 3.8) is 0 Å². The number of nitrogens with one attached hydrogen (secondary N) is 2. The first-order valence-corrected chi connectivity index (χ1v) is 11.6. The van der Waals surface area contributed by atoms with Gasteiger partial charge in [-0.3, -0.25) is 9.59 Å². The van der Waals surface area contributed by atoms with E-state index in [0.717, 1.165) is 27.8 Å². The first-order valence-electron chi connectivity index (χ1n) is 10.8. The van der Waals surface area contributed by atoms with E-state index in [9.17, 15) is 14.4 Å². The zero-order valence-corrected chi connectivity index (χ0v) is 21.9. The van der Waals surface area contributed by atoms with Gasteiger partial charge >= 0.3 is 5.97 Å². The minimum Gasteiger partial charge on any atom is -0.465 e. The van der Waals surface area contributed by atoms with Gasteiger partial charge in [-0.2, -0.15) is 0 Å². The van der Waals surface area contributed by atoms with Crippen LogP contribution in [0.2, 0.25) is 10.0 Å². The molecule has 2 amide bonds. The van der Waals surface area contributed by atoms with E-state index in [4.69, 9.17) is 27.9 Å². The van der Waals surface area contributed by atoms with Crippen LogP contribution < -0.4 is 10.6 Å². The normalized spacial score (nSPS) is 10.6. The average molecular weight is 513 g/mol. The van der Waals surface area contributed by atoms with E-state index in [-0.39, 0.29) is 22.7 Å². The molecule has 6 nitrogen and oxygen atoms in total. The Morgan fingerprint density at radius 1 is 0.714 bits per heavy atom.